The van der Waals surface area contributed by atoms with Gasteiger partial charge in [-0.25, -0.2) is 22.4 Å². The van der Waals surface area contributed by atoms with Crippen molar-refractivity contribution in [1.82, 2.24) is 5.32 Å². The fourth-order valence-corrected chi connectivity index (χ4v) is 3.58. The molecule has 3 rings (SSSR count). The van der Waals surface area contributed by atoms with Gasteiger partial charge in [0, 0.05) is 22.9 Å². The molecule has 0 amide bonds. The number of allylic oxidation sites excluding steroid dienone is 2. The second-order valence-electron chi connectivity index (χ2n) is 6.33. The summed E-state index contributed by atoms with van der Waals surface area (Å²) in [6.07, 6.45) is 0. The third kappa shape index (κ3) is 3.61. The molecule has 1 aliphatic heterocycles. The predicted octanol–water partition coefficient (Wildman–Crippen LogP) is 4.59. The largest absolute Gasteiger partial charge is 0.478 e. The van der Waals surface area contributed by atoms with E-state index in [0.29, 0.717) is 12.1 Å². The predicted molar refractivity (Wildman–Crippen MR) is 97.9 cm³/mol. The summed E-state index contributed by atoms with van der Waals surface area (Å²) in [7, 11) is 0. The Kier molecular flexibility index (Phi) is 5.53. The Morgan fingerprint density at radius 3 is 2.23 bits per heavy atom. The number of carboxylic acids is 1. The lowest BCUT2D eigenvalue weighted by atomic mass is 9.82. The minimum atomic E-state index is -1.70. The zero-order valence-corrected chi connectivity index (χ0v) is 15.7. The van der Waals surface area contributed by atoms with Crippen LogP contribution in [-0.2, 0) is 4.79 Å². The maximum absolute atomic E-state index is 14.4. The van der Waals surface area contributed by atoms with Gasteiger partial charge in [-0.2, -0.15) is 0 Å². The third-order valence-electron chi connectivity index (χ3n) is 4.49. The van der Waals surface area contributed by atoms with E-state index in [1.807, 2.05) is 0 Å². The van der Waals surface area contributed by atoms with E-state index in [9.17, 15) is 37.6 Å². The molecule has 0 saturated heterocycles. The SMILES string of the molecule is CC1=C(C(=O)O)C(c2ccc(F)cc2Cl)C([N+](=O)[O-])=C(c2c(F)cc(F)cc2F)N1. The maximum Gasteiger partial charge on any atom is 0.334 e. The summed E-state index contributed by atoms with van der Waals surface area (Å²) in [4.78, 5) is 22.8. The van der Waals surface area contributed by atoms with Gasteiger partial charge in [0.2, 0.25) is 0 Å². The second-order valence-corrected chi connectivity index (χ2v) is 6.74. The van der Waals surface area contributed by atoms with Crippen molar-refractivity contribution in [3.05, 3.63) is 96.8 Å². The minimum Gasteiger partial charge on any atom is -0.478 e. The molecule has 0 saturated carbocycles. The summed E-state index contributed by atoms with van der Waals surface area (Å²) in [6, 6.07) is 3.44. The van der Waals surface area contributed by atoms with Crippen molar-refractivity contribution in [2.75, 3.05) is 0 Å². The highest BCUT2D eigenvalue weighted by molar-refractivity contribution is 6.31. The highest BCUT2D eigenvalue weighted by atomic mass is 35.5. The van der Waals surface area contributed by atoms with Crippen LogP contribution in [0.1, 0.15) is 24.0 Å². The summed E-state index contributed by atoms with van der Waals surface area (Å²) in [5.41, 5.74) is -3.46. The lowest BCUT2D eigenvalue weighted by Gasteiger charge is -2.27. The van der Waals surface area contributed by atoms with E-state index in [2.05, 4.69) is 5.32 Å². The van der Waals surface area contributed by atoms with Gasteiger partial charge in [-0.3, -0.25) is 10.1 Å². The molecule has 1 atom stereocenters. The number of benzene rings is 2. The number of nitro groups is 1. The van der Waals surface area contributed by atoms with Crippen molar-refractivity contribution in [3.63, 3.8) is 0 Å². The fraction of sp³-hybridized carbons (Fsp3) is 0.105. The maximum atomic E-state index is 14.4. The Hall–Kier alpha value is -3.40. The molecule has 2 aromatic carbocycles. The van der Waals surface area contributed by atoms with E-state index < -0.39 is 62.6 Å². The molecule has 0 spiro atoms. The van der Waals surface area contributed by atoms with Crippen LogP contribution in [0.2, 0.25) is 5.02 Å². The van der Waals surface area contributed by atoms with Gasteiger partial charge in [-0.15, -0.1) is 0 Å². The zero-order chi connectivity index (χ0) is 22.3. The molecular weight excluding hydrogens is 432 g/mol. The molecule has 0 radical (unpaired) electrons. The first-order valence-electron chi connectivity index (χ1n) is 8.22. The number of halogens is 5. The van der Waals surface area contributed by atoms with Crippen molar-refractivity contribution < 1.29 is 32.4 Å². The van der Waals surface area contributed by atoms with Crippen LogP contribution >= 0.6 is 11.6 Å². The van der Waals surface area contributed by atoms with Crippen LogP contribution < -0.4 is 5.32 Å². The summed E-state index contributed by atoms with van der Waals surface area (Å²) in [5.74, 6) is -8.17. The van der Waals surface area contributed by atoms with Gasteiger partial charge in [0.15, 0.2) is 0 Å². The molecule has 0 aliphatic carbocycles. The van der Waals surface area contributed by atoms with Crippen molar-refractivity contribution in [2.45, 2.75) is 12.8 Å². The smallest absolute Gasteiger partial charge is 0.334 e. The molecule has 6 nitrogen and oxygen atoms in total. The summed E-state index contributed by atoms with van der Waals surface area (Å²) in [5, 5.41) is 23.6. The number of nitrogens with zero attached hydrogens (tertiary/aromatic N) is 1. The molecule has 1 unspecified atom stereocenters. The molecule has 2 N–H and O–H groups in total. The van der Waals surface area contributed by atoms with Gasteiger partial charge >= 0.3 is 5.97 Å². The number of rotatable bonds is 4. The zero-order valence-electron chi connectivity index (χ0n) is 15.0. The summed E-state index contributed by atoms with van der Waals surface area (Å²) >= 11 is 6.01. The first kappa shape index (κ1) is 21.3. The molecule has 30 heavy (non-hydrogen) atoms. The molecule has 156 valence electrons. The first-order valence-corrected chi connectivity index (χ1v) is 8.60. The Bertz CT molecular complexity index is 1140. The van der Waals surface area contributed by atoms with Crippen molar-refractivity contribution >= 4 is 23.3 Å². The molecule has 11 heteroatoms. The number of nitrogens with one attached hydrogen (secondary N) is 1. The lowest BCUT2D eigenvalue weighted by molar-refractivity contribution is -0.428. The highest BCUT2D eigenvalue weighted by Crippen LogP contribution is 2.44. The fourth-order valence-electron chi connectivity index (χ4n) is 3.31. The van der Waals surface area contributed by atoms with Crippen LogP contribution in [0.15, 0.2) is 47.3 Å². The number of hydrogen-bond donors (Lipinski definition) is 2. The third-order valence-corrected chi connectivity index (χ3v) is 4.82. The minimum absolute atomic E-state index is 0.163. The van der Waals surface area contributed by atoms with Crippen LogP contribution in [0.4, 0.5) is 17.6 Å². The first-order chi connectivity index (χ1) is 14.0. The average molecular weight is 443 g/mol. The normalized spacial score (nSPS) is 16.5. The van der Waals surface area contributed by atoms with Crippen LogP contribution in [-0.4, -0.2) is 16.0 Å². The van der Waals surface area contributed by atoms with Gasteiger partial charge in [-0.1, -0.05) is 17.7 Å². The van der Waals surface area contributed by atoms with E-state index in [-0.39, 0.29) is 16.3 Å². The molecule has 0 bridgehead atoms. The average Bonchev–Trinajstić information content (AvgIpc) is 2.59. The highest BCUT2D eigenvalue weighted by Gasteiger charge is 2.44. The van der Waals surface area contributed by atoms with Gasteiger partial charge in [0.1, 0.15) is 34.9 Å². The molecule has 1 aliphatic rings. The Labute approximate surface area is 171 Å². The van der Waals surface area contributed by atoms with Crippen molar-refractivity contribution in [3.8, 4) is 0 Å². The van der Waals surface area contributed by atoms with Gasteiger partial charge in [0.25, 0.3) is 5.70 Å². The summed E-state index contributed by atoms with van der Waals surface area (Å²) < 4.78 is 55.6. The molecule has 0 aromatic heterocycles. The lowest BCUT2D eigenvalue weighted by Crippen LogP contribution is -2.32. The molecular formula is C19H11ClF4N2O4. The molecule has 2 aromatic rings. The monoisotopic (exact) mass is 442 g/mol. The number of hydrogen-bond acceptors (Lipinski definition) is 4. The van der Waals surface area contributed by atoms with Crippen LogP contribution in [0, 0.1) is 33.4 Å². The van der Waals surface area contributed by atoms with Gasteiger partial charge in [0.05, 0.1) is 16.1 Å². The van der Waals surface area contributed by atoms with Crippen molar-refractivity contribution in [1.29, 1.82) is 0 Å². The van der Waals surface area contributed by atoms with E-state index in [4.69, 9.17) is 11.6 Å². The quantitative estimate of drug-likeness (QED) is 0.410. The number of carbonyl (C=O) groups is 1. The summed E-state index contributed by atoms with van der Waals surface area (Å²) in [6.45, 7) is 1.23. The van der Waals surface area contributed by atoms with E-state index in [1.165, 1.54) is 6.92 Å². The Balaban J connectivity index is 2.41. The number of carboxylic acid groups (broad SMARTS) is 1. The van der Waals surface area contributed by atoms with E-state index in [1.54, 1.807) is 0 Å². The standard InChI is InChI=1S/C19H11ClF4N2O4/c1-7-14(19(27)28)15(10-3-2-8(21)4-11(10)20)18(26(29)30)17(25-7)16-12(23)5-9(22)6-13(16)24/h2-6,15,25H,1H3,(H,27,28). The number of dihydropyridines is 1. The van der Waals surface area contributed by atoms with Crippen LogP contribution in [0.3, 0.4) is 0 Å². The second kappa shape index (κ2) is 7.79. The Morgan fingerprint density at radius 2 is 1.73 bits per heavy atom. The molecule has 0 fully saturated rings. The van der Waals surface area contributed by atoms with E-state index in [0.717, 1.165) is 18.2 Å². The topological polar surface area (TPSA) is 92.5 Å². The van der Waals surface area contributed by atoms with E-state index >= 15 is 0 Å². The van der Waals surface area contributed by atoms with Gasteiger partial charge < -0.3 is 10.4 Å². The molecule has 1 heterocycles. The van der Waals surface area contributed by atoms with Crippen molar-refractivity contribution in [2.24, 2.45) is 0 Å². The van der Waals surface area contributed by atoms with Crippen LogP contribution in [0.25, 0.3) is 5.70 Å². The Morgan fingerprint density at radius 1 is 1.13 bits per heavy atom. The number of aliphatic carboxylic acids is 1. The van der Waals surface area contributed by atoms with Gasteiger partial charge in [-0.05, 0) is 24.6 Å². The van der Waals surface area contributed by atoms with Crippen LogP contribution in [0.5, 0.6) is 0 Å².